The molecule has 0 spiro atoms. The minimum Gasteiger partial charge on any atom is -0.477 e. The lowest BCUT2D eigenvalue weighted by Crippen LogP contribution is -2.05. The maximum absolute atomic E-state index is 12.1. The molecule has 0 atom stereocenters. The van der Waals surface area contributed by atoms with E-state index in [2.05, 4.69) is 16.6 Å². The number of hydrogen-bond donors (Lipinski definition) is 0. The first-order valence-corrected chi connectivity index (χ1v) is 4.74. The van der Waals surface area contributed by atoms with Gasteiger partial charge >= 0.3 is 6.61 Å². The molecule has 1 aromatic carbocycles. The zero-order valence-electron chi connectivity index (χ0n) is 9.07. The molecular formula is C12H10F2O3. The first-order valence-electron chi connectivity index (χ1n) is 4.74. The third-order valence-corrected chi connectivity index (χ3v) is 1.80. The first-order chi connectivity index (χ1) is 8.17. The van der Waals surface area contributed by atoms with Crippen molar-refractivity contribution < 1.29 is 23.0 Å². The van der Waals surface area contributed by atoms with Crippen LogP contribution in [0.4, 0.5) is 8.78 Å². The molecule has 90 valence electrons. The zero-order valence-corrected chi connectivity index (χ0v) is 9.07. The van der Waals surface area contributed by atoms with Crippen molar-refractivity contribution in [2.45, 2.75) is 13.5 Å². The number of carbonyl (C=O) groups is 1. The van der Waals surface area contributed by atoms with Gasteiger partial charge in [0.1, 0.15) is 12.9 Å². The summed E-state index contributed by atoms with van der Waals surface area (Å²) in [6.07, 6.45) is 0.588. The number of ether oxygens (including phenoxy) is 2. The second kappa shape index (κ2) is 6.48. The fourth-order valence-corrected chi connectivity index (χ4v) is 1.09. The number of rotatable bonds is 5. The quantitative estimate of drug-likeness (QED) is 0.586. The van der Waals surface area contributed by atoms with Gasteiger partial charge in [0.15, 0.2) is 11.5 Å². The number of aldehydes is 1. The van der Waals surface area contributed by atoms with Gasteiger partial charge in [0.05, 0.1) is 0 Å². The minimum absolute atomic E-state index is 0.0401. The molecule has 0 radical (unpaired) electrons. The standard InChI is InChI=1S/C12H10F2O3/c1-2-3-6-16-11-7-9(8-15)4-5-10(11)17-12(13)14/h4-5,7-8,12H,6H2,1H3. The second-order valence-corrected chi connectivity index (χ2v) is 2.92. The molecule has 0 bridgehead atoms. The fourth-order valence-electron chi connectivity index (χ4n) is 1.09. The van der Waals surface area contributed by atoms with Crippen LogP contribution in [0.3, 0.4) is 0 Å². The zero-order chi connectivity index (χ0) is 12.7. The highest BCUT2D eigenvalue weighted by molar-refractivity contribution is 5.76. The van der Waals surface area contributed by atoms with Crippen molar-refractivity contribution in [1.29, 1.82) is 0 Å². The van der Waals surface area contributed by atoms with Crippen LogP contribution in [0.15, 0.2) is 18.2 Å². The number of benzene rings is 1. The summed E-state index contributed by atoms with van der Waals surface area (Å²) in [6.45, 7) is -1.28. The molecule has 0 saturated heterocycles. The number of alkyl halides is 2. The van der Waals surface area contributed by atoms with Crippen molar-refractivity contribution in [3.05, 3.63) is 23.8 Å². The number of carbonyl (C=O) groups excluding carboxylic acids is 1. The summed E-state index contributed by atoms with van der Waals surface area (Å²) in [6, 6.07) is 3.94. The molecule has 0 heterocycles. The van der Waals surface area contributed by atoms with Gasteiger partial charge in [-0.15, -0.1) is 5.92 Å². The lowest BCUT2D eigenvalue weighted by Gasteiger charge is -2.10. The van der Waals surface area contributed by atoms with Crippen molar-refractivity contribution in [2.24, 2.45) is 0 Å². The molecule has 0 aromatic heterocycles. The molecule has 0 aliphatic carbocycles. The Hall–Kier alpha value is -2.09. The topological polar surface area (TPSA) is 35.5 Å². The van der Waals surface area contributed by atoms with E-state index in [-0.39, 0.29) is 18.1 Å². The Morgan fingerprint density at radius 1 is 1.41 bits per heavy atom. The second-order valence-electron chi connectivity index (χ2n) is 2.92. The van der Waals surface area contributed by atoms with Crippen LogP contribution in [0, 0.1) is 11.8 Å². The van der Waals surface area contributed by atoms with Gasteiger partial charge in [-0.25, -0.2) is 0 Å². The third-order valence-electron chi connectivity index (χ3n) is 1.80. The van der Waals surface area contributed by atoms with Gasteiger partial charge in [-0.05, 0) is 25.1 Å². The smallest absolute Gasteiger partial charge is 0.387 e. The van der Waals surface area contributed by atoms with Crippen molar-refractivity contribution in [3.8, 4) is 23.3 Å². The SMILES string of the molecule is CC#CCOc1cc(C=O)ccc1OC(F)F. The fraction of sp³-hybridized carbons (Fsp3) is 0.250. The number of halogens is 2. The Morgan fingerprint density at radius 2 is 2.18 bits per heavy atom. The van der Waals surface area contributed by atoms with Crippen molar-refractivity contribution in [3.63, 3.8) is 0 Å². The molecule has 17 heavy (non-hydrogen) atoms. The highest BCUT2D eigenvalue weighted by Gasteiger charge is 2.11. The van der Waals surface area contributed by atoms with Crippen molar-refractivity contribution in [2.75, 3.05) is 6.61 Å². The highest BCUT2D eigenvalue weighted by Crippen LogP contribution is 2.29. The van der Waals surface area contributed by atoms with E-state index in [1.807, 2.05) is 0 Å². The molecule has 1 rings (SSSR count). The molecule has 3 nitrogen and oxygen atoms in total. The van der Waals surface area contributed by atoms with Crippen LogP contribution in [0.25, 0.3) is 0 Å². The van der Waals surface area contributed by atoms with Crippen LogP contribution < -0.4 is 9.47 Å². The summed E-state index contributed by atoms with van der Waals surface area (Å²) >= 11 is 0. The normalized spacial score (nSPS) is 9.41. The van der Waals surface area contributed by atoms with E-state index in [1.54, 1.807) is 6.92 Å². The predicted molar refractivity (Wildman–Crippen MR) is 57.4 cm³/mol. The van der Waals surface area contributed by atoms with Crippen LogP contribution >= 0.6 is 0 Å². The third kappa shape index (κ3) is 4.11. The number of hydrogen-bond acceptors (Lipinski definition) is 3. The van der Waals surface area contributed by atoms with Gasteiger partial charge in [0, 0.05) is 5.56 Å². The van der Waals surface area contributed by atoms with E-state index in [9.17, 15) is 13.6 Å². The summed E-state index contributed by atoms with van der Waals surface area (Å²) in [4.78, 5) is 10.5. The Labute approximate surface area is 97.3 Å². The van der Waals surface area contributed by atoms with Gasteiger partial charge in [0.2, 0.25) is 0 Å². The monoisotopic (exact) mass is 240 g/mol. The predicted octanol–water partition coefficient (Wildman–Crippen LogP) is 2.50. The van der Waals surface area contributed by atoms with Crippen LogP contribution in [0.1, 0.15) is 17.3 Å². The molecule has 0 unspecified atom stereocenters. The lowest BCUT2D eigenvalue weighted by atomic mass is 10.2. The maximum atomic E-state index is 12.1. The van der Waals surface area contributed by atoms with Gasteiger partial charge in [-0.1, -0.05) is 5.92 Å². The molecule has 0 aliphatic rings. The molecular weight excluding hydrogens is 230 g/mol. The van der Waals surface area contributed by atoms with Crippen molar-refractivity contribution in [1.82, 2.24) is 0 Å². The van der Waals surface area contributed by atoms with Gasteiger partial charge in [-0.2, -0.15) is 8.78 Å². The average molecular weight is 240 g/mol. The molecule has 1 aromatic rings. The van der Waals surface area contributed by atoms with Gasteiger partial charge in [-0.3, -0.25) is 4.79 Å². The largest absolute Gasteiger partial charge is 0.477 e. The van der Waals surface area contributed by atoms with E-state index >= 15 is 0 Å². The summed E-state index contributed by atoms with van der Waals surface area (Å²) in [5.41, 5.74) is 0.311. The maximum Gasteiger partial charge on any atom is 0.387 e. The van der Waals surface area contributed by atoms with E-state index in [0.717, 1.165) is 0 Å². The molecule has 0 N–H and O–H groups in total. The van der Waals surface area contributed by atoms with E-state index in [4.69, 9.17) is 4.74 Å². The molecule has 0 fully saturated rings. The molecule has 0 aliphatic heterocycles. The van der Waals surface area contributed by atoms with Crippen LogP contribution in [0.5, 0.6) is 11.5 Å². The van der Waals surface area contributed by atoms with E-state index < -0.39 is 6.61 Å². The van der Waals surface area contributed by atoms with Crippen LogP contribution in [-0.4, -0.2) is 19.5 Å². The molecule has 5 heteroatoms. The Morgan fingerprint density at radius 3 is 2.76 bits per heavy atom. The van der Waals surface area contributed by atoms with Crippen molar-refractivity contribution >= 4 is 6.29 Å². The molecule has 0 saturated carbocycles. The van der Waals surface area contributed by atoms with Gasteiger partial charge in [0.25, 0.3) is 0 Å². The van der Waals surface area contributed by atoms with Crippen LogP contribution in [-0.2, 0) is 0 Å². The Kier molecular flexibility index (Phi) is 4.95. The lowest BCUT2D eigenvalue weighted by molar-refractivity contribution is -0.0513. The Bertz CT molecular complexity index is 447. The molecule has 0 amide bonds. The average Bonchev–Trinajstić information content (AvgIpc) is 2.30. The Balaban J connectivity index is 2.92. The van der Waals surface area contributed by atoms with E-state index in [1.165, 1.54) is 18.2 Å². The van der Waals surface area contributed by atoms with Gasteiger partial charge < -0.3 is 9.47 Å². The first kappa shape index (κ1) is 13.0. The summed E-state index contributed by atoms with van der Waals surface area (Å²) in [5.74, 6) is 5.15. The summed E-state index contributed by atoms with van der Waals surface area (Å²) < 4.78 is 33.6. The van der Waals surface area contributed by atoms with E-state index in [0.29, 0.717) is 11.8 Å². The highest BCUT2D eigenvalue weighted by atomic mass is 19.3. The summed E-state index contributed by atoms with van der Waals surface area (Å²) in [5, 5.41) is 0. The van der Waals surface area contributed by atoms with Crippen LogP contribution in [0.2, 0.25) is 0 Å². The minimum atomic E-state index is -2.95. The summed E-state index contributed by atoms with van der Waals surface area (Å²) in [7, 11) is 0.